The first kappa shape index (κ1) is 18.6. The fourth-order valence-electron chi connectivity index (χ4n) is 3.30. The molecule has 3 heterocycles. The zero-order valence-corrected chi connectivity index (χ0v) is 16.3. The molecule has 0 radical (unpaired) electrons. The first-order valence-electron chi connectivity index (χ1n) is 8.96. The molecule has 0 bridgehead atoms. The van der Waals surface area contributed by atoms with Gasteiger partial charge in [0.15, 0.2) is 5.16 Å². The van der Waals surface area contributed by atoms with Crippen molar-refractivity contribution in [2.24, 2.45) is 0 Å². The van der Waals surface area contributed by atoms with E-state index in [0.29, 0.717) is 29.1 Å². The molecule has 0 spiro atoms. The second-order valence-electron chi connectivity index (χ2n) is 6.71. The van der Waals surface area contributed by atoms with E-state index in [1.165, 1.54) is 22.7 Å². The van der Waals surface area contributed by atoms with Crippen LogP contribution in [0.2, 0.25) is 0 Å². The maximum absolute atomic E-state index is 13.0. The maximum Gasteiger partial charge on any atom is 0.269 e. The zero-order valence-electron chi connectivity index (χ0n) is 15.5. The van der Waals surface area contributed by atoms with E-state index < -0.39 is 0 Å². The van der Waals surface area contributed by atoms with Crippen molar-refractivity contribution >= 4 is 28.6 Å². The SMILES string of the molecule is C[C@@H]1CN(C(=O)CSc2nc3ccccc3c(=O)n2-c2ncn[nH]2)C[C@H](C)O1. The van der Waals surface area contributed by atoms with Crippen LogP contribution in [-0.2, 0) is 9.53 Å². The summed E-state index contributed by atoms with van der Waals surface area (Å²) in [7, 11) is 0. The lowest BCUT2D eigenvalue weighted by atomic mass is 10.2. The van der Waals surface area contributed by atoms with Gasteiger partial charge >= 0.3 is 0 Å². The number of benzene rings is 1. The standard InChI is InChI=1S/C18H20N6O3S/c1-11-7-23(8-12(2)27-11)15(25)9-28-18-21-14-6-4-3-5-13(14)16(26)24(18)17-19-10-20-22-17/h3-6,10-12H,7-9H2,1-2H3,(H,19,20,22)/t11-,12+. The molecule has 0 saturated carbocycles. The molecule has 10 heteroatoms. The number of carbonyl (C=O) groups is 1. The van der Waals surface area contributed by atoms with Crippen molar-refractivity contribution in [1.29, 1.82) is 0 Å². The molecule has 2 aromatic heterocycles. The van der Waals surface area contributed by atoms with Crippen molar-refractivity contribution in [3.63, 3.8) is 0 Å². The molecule has 3 aromatic rings. The molecule has 0 unspecified atom stereocenters. The Balaban J connectivity index is 1.64. The Morgan fingerprint density at radius 3 is 2.75 bits per heavy atom. The van der Waals surface area contributed by atoms with Gasteiger partial charge < -0.3 is 9.64 Å². The molecule has 1 fully saturated rings. The largest absolute Gasteiger partial charge is 0.372 e. The predicted molar refractivity (Wildman–Crippen MR) is 105 cm³/mol. The van der Waals surface area contributed by atoms with Crippen LogP contribution in [0, 0.1) is 0 Å². The Labute approximate surface area is 165 Å². The van der Waals surface area contributed by atoms with Crippen molar-refractivity contribution in [2.45, 2.75) is 31.2 Å². The fourth-order valence-corrected chi connectivity index (χ4v) is 4.20. The summed E-state index contributed by atoms with van der Waals surface area (Å²) < 4.78 is 7.04. The molecule has 0 aliphatic carbocycles. The molecule has 2 atom stereocenters. The lowest BCUT2D eigenvalue weighted by Gasteiger charge is -2.35. The number of aromatic amines is 1. The Morgan fingerprint density at radius 2 is 2.04 bits per heavy atom. The van der Waals surface area contributed by atoms with Gasteiger partial charge in [0.25, 0.3) is 5.56 Å². The van der Waals surface area contributed by atoms with Gasteiger partial charge in [0.05, 0.1) is 28.9 Å². The first-order chi connectivity index (χ1) is 13.5. The Bertz CT molecular complexity index is 1040. The topological polar surface area (TPSA) is 106 Å². The van der Waals surface area contributed by atoms with Crippen LogP contribution in [0.15, 0.2) is 40.5 Å². The van der Waals surface area contributed by atoms with E-state index in [2.05, 4.69) is 20.2 Å². The summed E-state index contributed by atoms with van der Waals surface area (Å²) in [5.74, 6) is 0.420. The molecule has 146 valence electrons. The maximum atomic E-state index is 13.0. The molecule has 1 amide bonds. The number of rotatable bonds is 4. The van der Waals surface area contributed by atoms with E-state index in [4.69, 9.17) is 4.74 Å². The number of para-hydroxylation sites is 1. The summed E-state index contributed by atoms with van der Waals surface area (Å²) in [5, 5.41) is 7.39. The average Bonchev–Trinajstić information content (AvgIpc) is 3.19. The van der Waals surface area contributed by atoms with Gasteiger partial charge in [-0.3, -0.25) is 9.59 Å². The third-order valence-electron chi connectivity index (χ3n) is 4.46. The monoisotopic (exact) mass is 400 g/mol. The number of hydrogen-bond donors (Lipinski definition) is 1. The minimum atomic E-state index is -0.258. The number of carbonyl (C=O) groups excluding carboxylic acids is 1. The van der Waals surface area contributed by atoms with Gasteiger partial charge in [0, 0.05) is 13.1 Å². The summed E-state index contributed by atoms with van der Waals surface area (Å²) in [4.78, 5) is 36.2. The summed E-state index contributed by atoms with van der Waals surface area (Å²) in [5.41, 5.74) is 0.317. The molecule has 28 heavy (non-hydrogen) atoms. The second kappa shape index (κ2) is 7.72. The van der Waals surface area contributed by atoms with E-state index in [1.807, 2.05) is 19.9 Å². The van der Waals surface area contributed by atoms with Crippen molar-refractivity contribution in [2.75, 3.05) is 18.8 Å². The number of fused-ring (bicyclic) bond motifs is 1. The molecule has 1 aliphatic rings. The van der Waals surface area contributed by atoms with Crippen LogP contribution in [0.3, 0.4) is 0 Å². The minimum Gasteiger partial charge on any atom is -0.372 e. The molecular formula is C18H20N6O3S. The van der Waals surface area contributed by atoms with Crippen molar-refractivity contribution in [3.8, 4) is 5.95 Å². The van der Waals surface area contributed by atoms with Crippen LogP contribution in [-0.4, -0.2) is 66.6 Å². The summed E-state index contributed by atoms with van der Waals surface area (Å²) in [6.45, 7) is 5.03. The summed E-state index contributed by atoms with van der Waals surface area (Å²) >= 11 is 1.21. The Kier molecular flexibility index (Phi) is 5.14. The number of nitrogens with one attached hydrogen (secondary N) is 1. The number of amides is 1. The highest BCUT2D eigenvalue weighted by Gasteiger charge is 2.26. The van der Waals surface area contributed by atoms with Crippen molar-refractivity contribution < 1.29 is 9.53 Å². The quantitative estimate of drug-likeness (QED) is 0.519. The molecule has 1 N–H and O–H groups in total. The highest BCUT2D eigenvalue weighted by molar-refractivity contribution is 7.99. The van der Waals surface area contributed by atoms with Gasteiger partial charge in [0.2, 0.25) is 11.9 Å². The zero-order chi connectivity index (χ0) is 19.7. The smallest absolute Gasteiger partial charge is 0.269 e. The van der Waals surface area contributed by atoms with Gasteiger partial charge in [-0.15, -0.1) is 0 Å². The van der Waals surface area contributed by atoms with Gasteiger partial charge in [-0.05, 0) is 26.0 Å². The lowest BCUT2D eigenvalue weighted by molar-refractivity contribution is -0.140. The number of ether oxygens (including phenoxy) is 1. The van der Waals surface area contributed by atoms with Gasteiger partial charge in [0.1, 0.15) is 6.33 Å². The van der Waals surface area contributed by atoms with Gasteiger partial charge in [-0.1, -0.05) is 23.9 Å². The summed E-state index contributed by atoms with van der Waals surface area (Å²) in [6.07, 6.45) is 1.33. The van der Waals surface area contributed by atoms with Crippen molar-refractivity contribution in [1.82, 2.24) is 29.6 Å². The van der Waals surface area contributed by atoms with Crippen LogP contribution < -0.4 is 5.56 Å². The second-order valence-corrected chi connectivity index (χ2v) is 7.65. The highest BCUT2D eigenvalue weighted by atomic mass is 32.2. The van der Waals surface area contributed by atoms with Crippen LogP contribution in [0.5, 0.6) is 0 Å². The Hall–Kier alpha value is -2.72. The molecule has 9 nitrogen and oxygen atoms in total. The number of hydrogen-bond acceptors (Lipinski definition) is 7. The van der Waals surface area contributed by atoms with E-state index in [0.717, 1.165) is 0 Å². The molecule has 1 saturated heterocycles. The Morgan fingerprint density at radius 1 is 1.29 bits per heavy atom. The average molecular weight is 400 g/mol. The third kappa shape index (κ3) is 3.65. The van der Waals surface area contributed by atoms with Crippen LogP contribution >= 0.6 is 11.8 Å². The number of morpholine rings is 1. The molecule has 4 rings (SSSR count). The molecule has 1 aromatic carbocycles. The highest BCUT2D eigenvalue weighted by Crippen LogP contribution is 2.21. The van der Waals surface area contributed by atoms with E-state index in [-0.39, 0.29) is 35.4 Å². The van der Waals surface area contributed by atoms with Crippen LogP contribution in [0.4, 0.5) is 0 Å². The number of aromatic nitrogens is 5. The van der Waals surface area contributed by atoms with E-state index >= 15 is 0 Å². The molecule has 1 aliphatic heterocycles. The third-order valence-corrected chi connectivity index (χ3v) is 5.38. The number of thioether (sulfide) groups is 1. The summed E-state index contributed by atoms with van der Waals surface area (Å²) in [6, 6.07) is 7.10. The van der Waals surface area contributed by atoms with Gasteiger partial charge in [-0.25, -0.2) is 14.6 Å². The fraction of sp³-hybridized carbons (Fsp3) is 0.389. The van der Waals surface area contributed by atoms with E-state index in [1.54, 1.807) is 23.1 Å². The van der Waals surface area contributed by atoms with E-state index in [9.17, 15) is 9.59 Å². The first-order valence-corrected chi connectivity index (χ1v) is 9.95. The van der Waals surface area contributed by atoms with Crippen LogP contribution in [0.1, 0.15) is 13.8 Å². The minimum absolute atomic E-state index is 0.00358. The predicted octanol–water partition coefficient (Wildman–Crippen LogP) is 1.23. The molecular weight excluding hydrogens is 380 g/mol. The lowest BCUT2D eigenvalue weighted by Crippen LogP contribution is -2.48. The normalized spacial score (nSPS) is 19.9. The van der Waals surface area contributed by atoms with Crippen molar-refractivity contribution in [3.05, 3.63) is 40.9 Å². The van der Waals surface area contributed by atoms with Crippen LogP contribution in [0.25, 0.3) is 16.9 Å². The number of H-pyrrole nitrogens is 1. The number of nitrogens with zero attached hydrogens (tertiary/aromatic N) is 5. The van der Waals surface area contributed by atoms with Gasteiger partial charge in [-0.2, -0.15) is 10.1 Å².